The van der Waals surface area contributed by atoms with Crippen molar-refractivity contribution in [2.45, 2.75) is 12.3 Å². The summed E-state index contributed by atoms with van der Waals surface area (Å²) in [6.07, 6.45) is -7.36. The van der Waals surface area contributed by atoms with Crippen molar-refractivity contribution >= 4 is 21.6 Å². The van der Waals surface area contributed by atoms with Crippen molar-refractivity contribution in [2.24, 2.45) is 0 Å². The SMILES string of the molecule is OC(c1ccc(Oc2nc3c(F)cc(F)cc3s2)cc1)C(F)(F)F. The predicted octanol–water partition coefficient (Wildman–Crippen LogP) is 4.96. The summed E-state index contributed by atoms with van der Waals surface area (Å²) in [6, 6.07) is 6.34. The molecule has 3 aromatic rings. The van der Waals surface area contributed by atoms with Crippen LogP contribution in [0.15, 0.2) is 36.4 Å². The molecule has 0 saturated carbocycles. The van der Waals surface area contributed by atoms with Crippen LogP contribution in [0.3, 0.4) is 0 Å². The monoisotopic (exact) mass is 361 g/mol. The number of fused-ring (bicyclic) bond motifs is 1. The Labute approximate surface area is 135 Å². The molecule has 0 aliphatic rings. The first kappa shape index (κ1) is 16.6. The van der Waals surface area contributed by atoms with Crippen molar-refractivity contribution in [1.82, 2.24) is 4.98 Å². The lowest BCUT2D eigenvalue weighted by molar-refractivity contribution is -0.206. The molecule has 3 nitrogen and oxygen atoms in total. The molecule has 0 spiro atoms. The second-order valence-corrected chi connectivity index (χ2v) is 5.82. The molecule has 1 unspecified atom stereocenters. The van der Waals surface area contributed by atoms with Crippen molar-refractivity contribution in [3.8, 4) is 10.9 Å². The lowest BCUT2D eigenvalue weighted by atomic mass is 10.1. The van der Waals surface area contributed by atoms with Crippen LogP contribution in [-0.2, 0) is 0 Å². The Morgan fingerprint density at radius 2 is 1.75 bits per heavy atom. The zero-order chi connectivity index (χ0) is 17.5. The van der Waals surface area contributed by atoms with Gasteiger partial charge in [-0.3, -0.25) is 0 Å². The molecular formula is C15H8F5NO2S. The lowest BCUT2D eigenvalue weighted by Gasteiger charge is -2.14. The smallest absolute Gasteiger partial charge is 0.418 e. The number of alkyl halides is 3. The Morgan fingerprint density at radius 1 is 1.08 bits per heavy atom. The molecule has 0 bridgehead atoms. The summed E-state index contributed by atoms with van der Waals surface area (Å²) in [4.78, 5) is 3.87. The van der Waals surface area contributed by atoms with E-state index in [1.54, 1.807) is 0 Å². The molecule has 1 aromatic heterocycles. The van der Waals surface area contributed by atoms with Gasteiger partial charge in [0, 0.05) is 6.07 Å². The zero-order valence-corrected chi connectivity index (χ0v) is 12.5. The van der Waals surface area contributed by atoms with Crippen molar-refractivity contribution in [3.63, 3.8) is 0 Å². The van der Waals surface area contributed by atoms with Gasteiger partial charge in [0.1, 0.15) is 17.1 Å². The Balaban J connectivity index is 1.83. The molecule has 1 heterocycles. The van der Waals surface area contributed by atoms with Gasteiger partial charge in [-0.05, 0) is 23.8 Å². The Hall–Kier alpha value is -2.26. The molecule has 126 valence electrons. The molecule has 1 atom stereocenters. The van der Waals surface area contributed by atoms with Crippen molar-refractivity contribution in [1.29, 1.82) is 0 Å². The van der Waals surface area contributed by atoms with Crippen LogP contribution < -0.4 is 4.74 Å². The summed E-state index contributed by atoms with van der Waals surface area (Å²) in [5.74, 6) is -1.44. The summed E-state index contributed by atoms with van der Waals surface area (Å²) in [5.41, 5.74) is -0.396. The van der Waals surface area contributed by atoms with Crippen LogP contribution in [0.2, 0.25) is 0 Å². The largest absolute Gasteiger partial charge is 0.431 e. The first-order chi connectivity index (χ1) is 11.2. The normalized spacial score (nSPS) is 13.2. The quantitative estimate of drug-likeness (QED) is 0.671. The standard InChI is InChI=1S/C15H8F5NO2S/c16-8-5-10(17)12-11(6-8)24-14(21-12)23-9-3-1-7(2-4-9)13(22)15(18,19)20/h1-6,13,22H. The average Bonchev–Trinajstić information content (AvgIpc) is 2.89. The van der Waals surface area contributed by atoms with E-state index in [2.05, 4.69) is 4.98 Å². The Kier molecular flexibility index (Phi) is 4.14. The van der Waals surface area contributed by atoms with Gasteiger partial charge < -0.3 is 9.84 Å². The molecule has 3 rings (SSSR count). The summed E-state index contributed by atoms with van der Waals surface area (Å²) in [5, 5.41) is 9.15. The van der Waals surface area contributed by atoms with Crippen LogP contribution in [-0.4, -0.2) is 16.3 Å². The molecule has 0 aliphatic heterocycles. The summed E-state index contributed by atoms with van der Waals surface area (Å²) in [6.45, 7) is 0. The van der Waals surface area contributed by atoms with E-state index in [0.29, 0.717) is 6.07 Å². The van der Waals surface area contributed by atoms with E-state index in [0.717, 1.165) is 29.5 Å². The molecule has 2 aromatic carbocycles. The maximum Gasteiger partial charge on any atom is 0.418 e. The highest BCUT2D eigenvalue weighted by Gasteiger charge is 2.39. The van der Waals surface area contributed by atoms with E-state index in [-0.39, 0.29) is 26.7 Å². The number of hydrogen-bond acceptors (Lipinski definition) is 4. The third kappa shape index (κ3) is 3.31. The van der Waals surface area contributed by atoms with E-state index >= 15 is 0 Å². The molecule has 0 aliphatic carbocycles. The lowest BCUT2D eigenvalue weighted by Crippen LogP contribution is -2.19. The van der Waals surface area contributed by atoms with E-state index in [1.165, 1.54) is 12.1 Å². The maximum atomic E-state index is 13.6. The zero-order valence-electron chi connectivity index (χ0n) is 11.6. The topological polar surface area (TPSA) is 42.4 Å². The van der Waals surface area contributed by atoms with Gasteiger partial charge in [-0.2, -0.15) is 18.2 Å². The van der Waals surface area contributed by atoms with E-state index in [1.807, 2.05) is 0 Å². The van der Waals surface area contributed by atoms with E-state index in [4.69, 9.17) is 9.84 Å². The number of thiazole rings is 1. The van der Waals surface area contributed by atoms with Gasteiger partial charge >= 0.3 is 6.18 Å². The Morgan fingerprint density at radius 3 is 2.38 bits per heavy atom. The molecule has 1 N–H and O–H groups in total. The summed E-state index contributed by atoms with van der Waals surface area (Å²) < 4.78 is 69.5. The highest BCUT2D eigenvalue weighted by atomic mass is 32.1. The average molecular weight is 361 g/mol. The van der Waals surface area contributed by atoms with Gasteiger partial charge in [-0.25, -0.2) is 8.78 Å². The van der Waals surface area contributed by atoms with Gasteiger partial charge in [-0.15, -0.1) is 0 Å². The highest BCUT2D eigenvalue weighted by molar-refractivity contribution is 7.20. The van der Waals surface area contributed by atoms with Crippen LogP contribution in [0.5, 0.6) is 10.9 Å². The third-order valence-electron chi connectivity index (χ3n) is 3.10. The number of nitrogens with zero attached hydrogens (tertiary/aromatic N) is 1. The van der Waals surface area contributed by atoms with Crippen molar-refractivity contribution in [2.75, 3.05) is 0 Å². The number of ether oxygens (including phenoxy) is 1. The fourth-order valence-electron chi connectivity index (χ4n) is 1.99. The Bertz CT molecular complexity index is 876. The second kappa shape index (κ2) is 5.99. The van der Waals surface area contributed by atoms with Gasteiger partial charge in [0.15, 0.2) is 11.9 Å². The number of aliphatic hydroxyl groups excluding tert-OH is 1. The minimum absolute atomic E-state index is 0.0126. The van der Waals surface area contributed by atoms with Crippen LogP contribution in [0.4, 0.5) is 22.0 Å². The number of hydrogen-bond donors (Lipinski definition) is 1. The van der Waals surface area contributed by atoms with E-state index < -0.39 is 23.9 Å². The van der Waals surface area contributed by atoms with E-state index in [9.17, 15) is 22.0 Å². The van der Waals surface area contributed by atoms with Crippen LogP contribution in [0, 0.1) is 11.6 Å². The van der Waals surface area contributed by atoms with Crippen molar-refractivity contribution in [3.05, 3.63) is 53.6 Å². The number of rotatable bonds is 3. The highest BCUT2D eigenvalue weighted by Crippen LogP contribution is 2.35. The van der Waals surface area contributed by atoms with Gasteiger partial charge in [-0.1, -0.05) is 23.5 Å². The number of aliphatic hydroxyl groups is 1. The molecule has 0 fully saturated rings. The van der Waals surface area contributed by atoms with Crippen molar-refractivity contribution < 1.29 is 31.8 Å². The van der Waals surface area contributed by atoms with Crippen LogP contribution >= 0.6 is 11.3 Å². The second-order valence-electron chi connectivity index (χ2n) is 4.83. The van der Waals surface area contributed by atoms with Crippen LogP contribution in [0.1, 0.15) is 11.7 Å². The first-order valence-electron chi connectivity index (χ1n) is 6.52. The fourth-order valence-corrected chi connectivity index (χ4v) is 2.86. The molecular weight excluding hydrogens is 353 g/mol. The molecule has 24 heavy (non-hydrogen) atoms. The first-order valence-corrected chi connectivity index (χ1v) is 7.34. The molecule has 9 heteroatoms. The van der Waals surface area contributed by atoms with Gasteiger partial charge in [0.25, 0.3) is 5.19 Å². The summed E-state index contributed by atoms with van der Waals surface area (Å²) >= 11 is 0.892. The minimum Gasteiger partial charge on any atom is -0.431 e. The number of halogens is 5. The van der Waals surface area contributed by atoms with Gasteiger partial charge in [0.2, 0.25) is 0 Å². The fraction of sp³-hybridized carbons (Fsp3) is 0.133. The number of aromatic nitrogens is 1. The molecule has 0 saturated heterocycles. The predicted molar refractivity (Wildman–Crippen MR) is 77.1 cm³/mol. The number of benzene rings is 2. The summed E-state index contributed by atoms with van der Waals surface area (Å²) in [7, 11) is 0. The minimum atomic E-state index is -4.77. The third-order valence-corrected chi connectivity index (χ3v) is 3.98. The maximum absolute atomic E-state index is 13.6. The van der Waals surface area contributed by atoms with Crippen LogP contribution in [0.25, 0.3) is 10.2 Å². The van der Waals surface area contributed by atoms with Gasteiger partial charge in [0.05, 0.1) is 4.70 Å². The molecule has 0 radical (unpaired) electrons. The molecule has 0 amide bonds.